The fraction of sp³-hybridized carbons (Fsp3) is 0.647. The molecule has 110 valence electrons. The van der Waals surface area contributed by atoms with Crippen molar-refractivity contribution in [2.45, 2.75) is 63.4 Å². The number of aliphatic hydroxyl groups is 1. The Kier molecular flexibility index (Phi) is 4.11. The van der Waals surface area contributed by atoms with E-state index in [1.165, 1.54) is 18.4 Å². The largest absolute Gasteiger partial charge is 0.387 e. The molecule has 0 saturated carbocycles. The van der Waals surface area contributed by atoms with E-state index in [-0.39, 0.29) is 0 Å². The maximum absolute atomic E-state index is 10.3. The van der Waals surface area contributed by atoms with Crippen LogP contribution in [0.1, 0.15) is 56.3 Å². The molecule has 0 amide bonds. The summed E-state index contributed by atoms with van der Waals surface area (Å²) in [4.78, 5) is 0. The third kappa shape index (κ3) is 2.90. The zero-order valence-electron chi connectivity index (χ0n) is 12.4. The average molecular weight is 275 g/mol. The molecule has 2 aliphatic heterocycles. The second-order valence-electron chi connectivity index (χ2n) is 6.46. The topological polar surface area (TPSA) is 41.5 Å². The van der Waals surface area contributed by atoms with Crippen LogP contribution in [-0.2, 0) is 4.74 Å². The molecule has 0 aliphatic carbocycles. The van der Waals surface area contributed by atoms with Gasteiger partial charge in [-0.25, -0.2) is 0 Å². The van der Waals surface area contributed by atoms with Crippen LogP contribution in [0.2, 0.25) is 0 Å². The van der Waals surface area contributed by atoms with Gasteiger partial charge in [0.2, 0.25) is 0 Å². The van der Waals surface area contributed by atoms with Gasteiger partial charge in [-0.2, -0.15) is 0 Å². The minimum absolute atomic E-state index is 0.371. The number of aliphatic hydroxyl groups excluding tert-OH is 1. The van der Waals surface area contributed by atoms with E-state index in [1.807, 2.05) is 12.1 Å². The van der Waals surface area contributed by atoms with E-state index in [0.717, 1.165) is 12.0 Å². The molecule has 2 bridgehead atoms. The van der Waals surface area contributed by atoms with Gasteiger partial charge >= 0.3 is 0 Å². The van der Waals surface area contributed by atoms with Gasteiger partial charge in [-0.3, -0.25) is 0 Å². The van der Waals surface area contributed by atoms with Crippen LogP contribution in [0.15, 0.2) is 24.3 Å². The lowest BCUT2D eigenvalue weighted by Crippen LogP contribution is -2.39. The zero-order chi connectivity index (χ0) is 14.1. The zero-order valence-corrected chi connectivity index (χ0v) is 12.4. The predicted molar refractivity (Wildman–Crippen MR) is 79.8 cm³/mol. The summed E-state index contributed by atoms with van der Waals surface area (Å²) in [7, 11) is 0. The van der Waals surface area contributed by atoms with Gasteiger partial charge < -0.3 is 15.2 Å². The summed E-state index contributed by atoms with van der Waals surface area (Å²) in [5.41, 5.74) is 2.31. The Hall–Kier alpha value is -0.900. The van der Waals surface area contributed by atoms with Crippen LogP contribution in [0.4, 0.5) is 0 Å². The number of hydrogen-bond acceptors (Lipinski definition) is 3. The fourth-order valence-corrected chi connectivity index (χ4v) is 3.34. The van der Waals surface area contributed by atoms with Gasteiger partial charge in [0, 0.05) is 12.6 Å². The molecule has 3 nitrogen and oxygen atoms in total. The Morgan fingerprint density at radius 1 is 1.20 bits per heavy atom. The van der Waals surface area contributed by atoms with Crippen LogP contribution in [0.3, 0.4) is 0 Å². The first-order valence-corrected chi connectivity index (χ1v) is 7.80. The van der Waals surface area contributed by atoms with Crippen molar-refractivity contribution in [2.24, 2.45) is 0 Å². The van der Waals surface area contributed by atoms with Crippen molar-refractivity contribution >= 4 is 0 Å². The van der Waals surface area contributed by atoms with Gasteiger partial charge in [-0.05, 0) is 36.3 Å². The quantitative estimate of drug-likeness (QED) is 0.868. The molecule has 20 heavy (non-hydrogen) atoms. The van der Waals surface area contributed by atoms with Crippen molar-refractivity contribution in [3.63, 3.8) is 0 Å². The number of nitrogens with one attached hydrogen (secondary N) is 1. The third-order valence-electron chi connectivity index (χ3n) is 4.67. The summed E-state index contributed by atoms with van der Waals surface area (Å²) in [6, 6.07) is 8.74. The van der Waals surface area contributed by atoms with E-state index in [4.69, 9.17) is 4.74 Å². The molecule has 0 spiro atoms. The van der Waals surface area contributed by atoms with Crippen molar-refractivity contribution in [1.82, 2.24) is 5.32 Å². The number of hydrogen-bond donors (Lipinski definition) is 2. The van der Waals surface area contributed by atoms with Crippen LogP contribution in [0.5, 0.6) is 0 Å². The Morgan fingerprint density at radius 2 is 1.90 bits per heavy atom. The second kappa shape index (κ2) is 5.84. The van der Waals surface area contributed by atoms with Gasteiger partial charge in [0.25, 0.3) is 0 Å². The summed E-state index contributed by atoms with van der Waals surface area (Å²) in [6.45, 7) is 4.97. The third-order valence-corrected chi connectivity index (χ3v) is 4.67. The normalized spacial score (nSPS) is 30.1. The van der Waals surface area contributed by atoms with Crippen LogP contribution in [-0.4, -0.2) is 29.9 Å². The second-order valence-corrected chi connectivity index (χ2v) is 6.46. The highest BCUT2D eigenvalue weighted by atomic mass is 16.5. The number of ether oxygens (including phenoxy) is 1. The molecule has 4 atom stereocenters. The van der Waals surface area contributed by atoms with Crippen molar-refractivity contribution < 1.29 is 9.84 Å². The Bertz CT molecular complexity index is 443. The monoisotopic (exact) mass is 275 g/mol. The van der Waals surface area contributed by atoms with Crippen molar-refractivity contribution in [3.8, 4) is 0 Å². The lowest BCUT2D eigenvalue weighted by atomic mass is 9.95. The van der Waals surface area contributed by atoms with E-state index < -0.39 is 6.10 Å². The highest BCUT2D eigenvalue weighted by Gasteiger charge is 2.40. The molecule has 3 heteroatoms. The van der Waals surface area contributed by atoms with E-state index in [0.29, 0.717) is 30.7 Å². The molecule has 1 aromatic rings. The molecule has 2 fully saturated rings. The van der Waals surface area contributed by atoms with Crippen molar-refractivity contribution in [2.75, 3.05) is 6.54 Å². The standard InChI is InChI=1S/C17H25NO2/c1-11(2)12-3-5-13(6-4-12)16(19)10-18-15-9-14-7-8-17(15)20-14/h3-6,11,14-19H,7-10H2,1-2H3. The molecule has 2 heterocycles. The molecule has 0 radical (unpaired) electrons. The smallest absolute Gasteiger partial charge is 0.0914 e. The van der Waals surface area contributed by atoms with Gasteiger partial charge in [-0.15, -0.1) is 0 Å². The minimum Gasteiger partial charge on any atom is -0.387 e. The fourth-order valence-electron chi connectivity index (χ4n) is 3.34. The number of rotatable bonds is 5. The molecular weight excluding hydrogens is 250 g/mol. The maximum Gasteiger partial charge on any atom is 0.0914 e. The van der Waals surface area contributed by atoms with Gasteiger partial charge in [0.1, 0.15) is 0 Å². The van der Waals surface area contributed by atoms with E-state index >= 15 is 0 Å². The molecular formula is C17H25NO2. The maximum atomic E-state index is 10.3. The summed E-state index contributed by atoms with van der Waals surface area (Å²) in [6.07, 6.45) is 3.87. The van der Waals surface area contributed by atoms with Gasteiger partial charge in [0.05, 0.1) is 18.3 Å². The first-order chi connectivity index (χ1) is 9.63. The summed E-state index contributed by atoms with van der Waals surface area (Å²) in [5.74, 6) is 0.533. The van der Waals surface area contributed by atoms with E-state index in [9.17, 15) is 5.11 Å². The number of fused-ring (bicyclic) bond motifs is 2. The highest BCUT2D eigenvalue weighted by Crippen LogP contribution is 2.34. The van der Waals surface area contributed by atoms with E-state index in [1.54, 1.807) is 0 Å². The summed E-state index contributed by atoms with van der Waals surface area (Å²) in [5, 5.41) is 13.8. The summed E-state index contributed by atoms with van der Waals surface area (Å²) >= 11 is 0. The van der Waals surface area contributed by atoms with Crippen LogP contribution in [0.25, 0.3) is 0 Å². The first kappa shape index (κ1) is 14.1. The number of benzene rings is 1. The van der Waals surface area contributed by atoms with Crippen LogP contribution >= 0.6 is 0 Å². The first-order valence-electron chi connectivity index (χ1n) is 7.80. The predicted octanol–water partition coefficient (Wildman–Crippen LogP) is 2.75. The minimum atomic E-state index is -0.435. The lowest BCUT2D eigenvalue weighted by Gasteiger charge is -2.22. The van der Waals surface area contributed by atoms with Crippen molar-refractivity contribution in [3.05, 3.63) is 35.4 Å². The summed E-state index contributed by atoms with van der Waals surface area (Å²) < 4.78 is 5.82. The molecule has 2 aliphatic rings. The molecule has 1 aromatic carbocycles. The van der Waals surface area contributed by atoms with Crippen LogP contribution in [0, 0.1) is 0 Å². The molecule has 2 N–H and O–H groups in total. The van der Waals surface area contributed by atoms with Crippen LogP contribution < -0.4 is 5.32 Å². The van der Waals surface area contributed by atoms with Gasteiger partial charge in [-0.1, -0.05) is 38.1 Å². The van der Waals surface area contributed by atoms with E-state index in [2.05, 4.69) is 31.3 Å². The Labute approximate surface area is 121 Å². The highest BCUT2D eigenvalue weighted by molar-refractivity contribution is 5.26. The molecule has 2 saturated heterocycles. The van der Waals surface area contributed by atoms with Gasteiger partial charge in [0.15, 0.2) is 0 Å². The van der Waals surface area contributed by atoms with Crippen molar-refractivity contribution in [1.29, 1.82) is 0 Å². The average Bonchev–Trinajstić information content (AvgIpc) is 3.07. The molecule has 3 rings (SSSR count). The SMILES string of the molecule is CC(C)c1ccc(C(O)CNC2CC3CCC2O3)cc1. The Morgan fingerprint density at radius 3 is 2.45 bits per heavy atom. The molecule has 0 aromatic heterocycles. The molecule has 4 unspecified atom stereocenters. The lowest BCUT2D eigenvalue weighted by molar-refractivity contribution is 0.0942. The Balaban J connectivity index is 1.52.